The highest BCUT2D eigenvalue weighted by atomic mass is 127. The molecule has 2 N–H and O–H groups in total. The largest absolute Gasteiger partial charge is 0.460 e. The Morgan fingerprint density at radius 1 is 1.28 bits per heavy atom. The van der Waals surface area contributed by atoms with Gasteiger partial charge in [0.2, 0.25) is 0 Å². The molecule has 2 aliphatic heterocycles. The van der Waals surface area contributed by atoms with Crippen molar-refractivity contribution in [2.75, 3.05) is 0 Å². The van der Waals surface area contributed by atoms with Gasteiger partial charge in [-0.25, -0.2) is 4.98 Å². The molecule has 2 aromatic heterocycles. The molecule has 164 valence electrons. The second-order valence-corrected chi connectivity index (χ2v) is 10.6. The van der Waals surface area contributed by atoms with Gasteiger partial charge in [-0.3, -0.25) is 9.59 Å². The predicted octanol–water partition coefficient (Wildman–Crippen LogP) is 4.01. The predicted molar refractivity (Wildman–Crippen MR) is 131 cm³/mol. The standard InChI is InChI=1S/C25H24IN3O3/c1-4-25(3)15-7-19-22-13(9-29(19)23(30)14(15)10-32-24(25)31)20-17(27)6-5-12-11(2)16(26)8-18(28-22)21(12)20/h7-8,17H,4-6,9-10,27H2,1-3H3/t17-,25?/m0/s1. The van der Waals surface area contributed by atoms with Crippen molar-refractivity contribution >= 4 is 39.5 Å². The number of fused-ring (bicyclic) bond motifs is 5. The van der Waals surface area contributed by atoms with Gasteiger partial charge in [0, 0.05) is 20.6 Å². The fourth-order valence-corrected chi connectivity index (χ4v) is 6.37. The van der Waals surface area contributed by atoms with E-state index < -0.39 is 5.41 Å². The second-order valence-electron chi connectivity index (χ2n) is 9.43. The Labute approximate surface area is 199 Å². The molecule has 0 fully saturated rings. The van der Waals surface area contributed by atoms with Crippen LogP contribution < -0.4 is 11.3 Å². The molecule has 6 rings (SSSR count). The molecule has 1 unspecified atom stereocenters. The van der Waals surface area contributed by atoms with Crippen LogP contribution in [0.2, 0.25) is 0 Å². The van der Waals surface area contributed by atoms with Crippen molar-refractivity contribution in [3.05, 3.63) is 59.4 Å². The summed E-state index contributed by atoms with van der Waals surface area (Å²) in [7, 11) is 0. The maximum absolute atomic E-state index is 13.6. The zero-order chi connectivity index (χ0) is 22.5. The average molecular weight is 541 g/mol. The molecule has 0 bridgehead atoms. The molecular formula is C25H24IN3O3. The van der Waals surface area contributed by atoms with Gasteiger partial charge in [-0.15, -0.1) is 0 Å². The number of carbonyl (C=O) groups excluding carboxylic acids is 1. The number of ether oxygens (including phenoxy) is 1. The van der Waals surface area contributed by atoms with E-state index in [1.807, 2.05) is 19.9 Å². The number of aromatic nitrogens is 2. The monoisotopic (exact) mass is 541 g/mol. The van der Waals surface area contributed by atoms with Gasteiger partial charge >= 0.3 is 5.97 Å². The van der Waals surface area contributed by atoms with E-state index in [1.165, 1.54) is 20.1 Å². The van der Waals surface area contributed by atoms with Crippen LogP contribution in [0.25, 0.3) is 22.3 Å². The molecule has 3 aliphatic rings. The lowest BCUT2D eigenvalue weighted by atomic mass is 9.76. The SMILES string of the molecule is CCC1(C)C(=O)OCc2c1cc1n(c2=O)Cc2c-1nc1cc(I)c(C)c3c1c2[C@@H](N)CC3. The number of pyridine rings is 2. The van der Waals surface area contributed by atoms with Crippen LogP contribution in [0, 0.1) is 10.5 Å². The lowest BCUT2D eigenvalue weighted by molar-refractivity contribution is -0.153. The van der Waals surface area contributed by atoms with E-state index in [-0.39, 0.29) is 24.2 Å². The number of nitrogens with zero attached hydrogens (tertiary/aromatic N) is 2. The summed E-state index contributed by atoms with van der Waals surface area (Å²) in [5, 5.41) is 1.17. The van der Waals surface area contributed by atoms with Crippen LogP contribution in [0.3, 0.4) is 0 Å². The Morgan fingerprint density at radius 2 is 2.06 bits per heavy atom. The molecule has 0 spiro atoms. The summed E-state index contributed by atoms with van der Waals surface area (Å²) in [4.78, 5) is 31.3. The second kappa shape index (κ2) is 6.63. The number of esters is 1. The summed E-state index contributed by atoms with van der Waals surface area (Å²) in [5.74, 6) is -0.270. The maximum atomic E-state index is 13.6. The molecule has 0 amide bonds. The molecule has 7 heteroatoms. The van der Waals surface area contributed by atoms with E-state index >= 15 is 0 Å². The first-order valence-corrected chi connectivity index (χ1v) is 12.2. The summed E-state index contributed by atoms with van der Waals surface area (Å²) >= 11 is 2.38. The first-order chi connectivity index (χ1) is 15.3. The minimum Gasteiger partial charge on any atom is -0.460 e. The number of benzene rings is 1. The van der Waals surface area contributed by atoms with Crippen LogP contribution in [0.4, 0.5) is 0 Å². The zero-order valence-electron chi connectivity index (χ0n) is 18.3. The van der Waals surface area contributed by atoms with Gasteiger partial charge in [0.25, 0.3) is 5.56 Å². The Bertz CT molecular complexity index is 1440. The highest BCUT2D eigenvalue weighted by molar-refractivity contribution is 14.1. The molecule has 32 heavy (non-hydrogen) atoms. The van der Waals surface area contributed by atoms with Crippen LogP contribution in [-0.2, 0) is 34.5 Å². The third-order valence-electron chi connectivity index (χ3n) is 7.88. The van der Waals surface area contributed by atoms with Crippen molar-refractivity contribution in [3.8, 4) is 11.4 Å². The molecular weight excluding hydrogens is 517 g/mol. The van der Waals surface area contributed by atoms with Crippen LogP contribution >= 0.6 is 22.6 Å². The van der Waals surface area contributed by atoms with Gasteiger partial charge in [0.1, 0.15) is 6.61 Å². The molecule has 0 saturated carbocycles. The number of rotatable bonds is 1. The highest BCUT2D eigenvalue weighted by Crippen LogP contribution is 2.45. The van der Waals surface area contributed by atoms with Crippen molar-refractivity contribution < 1.29 is 9.53 Å². The number of hydrogen-bond acceptors (Lipinski definition) is 5. The average Bonchev–Trinajstić information content (AvgIpc) is 3.14. The van der Waals surface area contributed by atoms with Crippen molar-refractivity contribution in [2.45, 2.75) is 64.6 Å². The Balaban J connectivity index is 1.70. The fraction of sp³-hybridized carbons (Fsp3) is 0.400. The number of halogens is 1. The van der Waals surface area contributed by atoms with E-state index in [9.17, 15) is 9.59 Å². The lowest BCUT2D eigenvalue weighted by Crippen LogP contribution is -2.42. The van der Waals surface area contributed by atoms with Gasteiger partial charge in [-0.2, -0.15) is 0 Å². The van der Waals surface area contributed by atoms with Gasteiger partial charge in [0.05, 0.1) is 34.4 Å². The third kappa shape index (κ3) is 2.41. The number of carbonyl (C=O) groups is 1. The summed E-state index contributed by atoms with van der Waals surface area (Å²) in [5.41, 5.74) is 14.5. The Kier molecular flexibility index (Phi) is 4.22. The van der Waals surface area contributed by atoms with E-state index in [1.54, 1.807) is 4.57 Å². The van der Waals surface area contributed by atoms with Crippen molar-refractivity contribution in [1.82, 2.24) is 9.55 Å². The van der Waals surface area contributed by atoms with E-state index in [0.29, 0.717) is 18.5 Å². The van der Waals surface area contributed by atoms with E-state index in [0.717, 1.165) is 46.4 Å². The van der Waals surface area contributed by atoms with Crippen LogP contribution in [-0.4, -0.2) is 15.5 Å². The quantitative estimate of drug-likeness (QED) is 0.291. The van der Waals surface area contributed by atoms with Gasteiger partial charge < -0.3 is 15.0 Å². The minimum absolute atomic E-state index is 0.0303. The first-order valence-electron chi connectivity index (χ1n) is 11.1. The lowest BCUT2D eigenvalue weighted by Gasteiger charge is -2.33. The normalized spacial score (nSPS) is 23.0. The molecule has 1 aromatic carbocycles. The zero-order valence-corrected chi connectivity index (χ0v) is 20.5. The van der Waals surface area contributed by atoms with Crippen molar-refractivity contribution in [1.29, 1.82) is 0 Å². The molecule has 0 saturated heterocycles. The van der Waals surface area contributed by atoms with Gasteiger partial charge in [-0.1, -0.05) is 6.92 Å². The van der Waals surface area contributed by atoms with Crippen molar-refractivity contribution in [3.63, 3.8) is 0 Å². The van der Waals surface area contributed by atoms with E-state index in [2.05, 4.69) is 35.6 Å². The van der Waals surface area contributed by atoms with Gasteiger partial charge in [-0.05, 0) is 90.1 Å². The summed E-state index contributed by atoms with van der Waals surface area (Å²) < 4.78 is 8.40. The van der Waals surface area contributed by atoms with Gasteiger partial charge in [0.15, 0.2) is 0 Å². The Morgan fingerprint density at radius 3 is 2.81 bits per heavy atom. The summed E-state index contributed by atoms with van der Waals surface area (Å²) in [6.45, 7) is 6.48. The topological polar surface area (TPSA) is 87.2 Å². The third-order valence-corrected chi connectivity index (χ3v) is 9.00. The van der Waals surface area contributed by atoms with Crippen LogP contribution in [0.5, 0.6) is 0 Å². The summed E-state index contributed by atoms with van der Waals surface area (Å²) in [6.07, 6.45) is 2.40. The van der Waals surface area contributed by atoms with Crippen LogP contribution in [0.1, 0.15) is 66.1 Å². The Hall–Kier alpha value is -2.26. The summed E-state index contributed by atoms with van der Waals surface area (Å²) in [6, 6.07) is 4.06. The maximum Gasteiger partial charge on any atom is 0.316 e. The number of hydrogen-bond donors (Lipinski definition) is 1. The van der Waals surface area contributed by atoms with E-state index in [4.69, 9.17) is 15.5 Å². The number of aryl methyl sites for hydroxylation is 1. The number of cyclic esters (lactones) is 1. The minimum atomic E-state index is -0.827. The highest BCUT2D eigenvalue weighted by Gasteiger charge is 2.43. The molecule has 2 atom stereocenters. The first kappa shape index (κ1) is 20.4. The smallest absolute Gasteiger partial charge is 0.316 e. The molecule has 4 heterocycles. The molecule has 6 nitrogen and oxygen atoms in total. The number of nitrogens with two attached hydrogens (primary N) is 1. The van der Waals surface area contributed by atoms with Crippen LogP contribution in [0.15, 0.2) is 16.9 Å². The molecule has 3 aromatic rings. The van der Waals surface area contributed by atoms with Crippen molar-refractivity contribution in [2.24, 2.45) is 5.73 Å². The molecule has 1 aliphatic carbocycles. The molecule has 0 radical (unpaired) electrons. The fourth-order valence-electron chi connectivity index (χ4n) is 5.75.